The molecule has 21 heavy (non-hydrogen) atoms. The summed E-state index contributed by atoms with van der Waals surface area (Å²) < 4.78 is 6.02. The topological polar surface area (TPSA) is 38.3 Å². The fourth-order valence-corrected chi connectivity index (χ4v) is 3.52. The highest BCUT2D eigenvalue weighted by Crippen LogP contribution is 2.31. The molecule has 2 rings (SSSR count). The van der Waals surface area contributed by atoms with Gasteiger partial charge in [-0.05, 0) is 49.5 Å². The quantitative estimate of drug-likeness (QED) is 0.846. The average Bonchev–Trinajstić information content (AvgIpc) is 2.90. The van der Waals surface area contributed by atoms with Gasteiger partial charge in [0.25, 0.3) is 5.91 Å². The largest absolute Gasteiger partial charge is 0.494 e. The maximum Gasteiger partial charge on any atom is 0.254 e. The van der Waals surface area contributed by atoms with Gasteiger partial charge in [0.05, 0.1) is 11.3 Å². The van der Waals surface area contributed by atoms with Gasteiger partial charge in [0, 0.05) is 5.38 Å². The van der Waals surface area contributed by atoms with Crippen LogP contribution in [0.15, 0.2) is 28.2 Å². The van der Waals surface area contributed by atoms with Gasteiger partial charge in [-0.15, -0.1) is 0 Å². The van der Waals surface area contributed by atoms with Crippen molar-refractivity contribution in [1.82, 2.24) is 0 Å². The van der Waals surface area contributed by atoms with Gasteiger partial charge in [-0.3, -0.25) is 4.79 Å². The summed E-state index contributed by atoms with van der Waals surface area (Å²) in [5, 5.41) is 6.82. The van der Waals surface area contributed by atoms with E-state index in [9.17, 15) is 4.79 Å². The Morgan fingerprint density at radius 2 is 2.24 bits per heavy atom. The van der Waals surface area contributed by atoms with Crippen LogP contribution in [-0.2, 0) is 9.53 Å². The van der Waals surface area contributed by atoms with E-state index in [0.29, 0.717) is 11.8 Å². The monoisotopic (exact) mass is 307 g/mol. The third-order valence-corrected chi connectivity index (χ3v) is 4.65. The molecule has 0 aromatic carbocycles. The van der Waals surface area contributed by atoms with Crippen LogP contribution in [0.25, 0.3) is 0 Å². The van der Waals surface area contributed by atoms with Crippen molar-refractivity contribution in [1.29, 1.82) is 0 Å². The fourth-order valence-electron chi connectivity index (χ4n) is 2.93. The van der Waals surface area contributed by atoms with Crippen LogP contribution in [0.2, 0.25) is 0 Å². The highest BCUT2D eigenvalue weighted by Gasteiger charge is 2.28. The Balaban J connectivity index is 1.97. The lowest BCUT2D eigenvalue weighted by Gasteiger charge is -2.31. The lowest BCUT2D eigenvalue weighted by atomic mass is 9.88. The molecule has 116 valence electrons. The number of anilines is 1. The van der Waals surface area contributed by atoms with E-state index in [4.69, 9.17) is 4.74 Å². The number of nitrogens with one attached hydrogen (secondary N) is 1. The van der Waals surface area contributed by atoms with Crippen LogP contribution in [0.4, 0.5) is 5.69 Å². The van der Waals surface area contributed by atoms with Crippen molar-refractivity contribution in [2.75, 3.05) is 5.32 Å². The molecule has 0 radical (unpaired) electrons. The number of hydrogen-bond acceptors (Lipinski definition) is 3. The van der Waals surface area contributed by atoms with Crippen molar-refractivity contribution in [2.24, 2.45) is 11.8 Å². The van der Waals surface area contributed by atoms with Gasteiger partial charge in [0.1, 0.15) is 11.9 Å². The van der Waals surface area contributed by atoms with Crippen molar-refractivity contribution in [3.8, 4) is 0 Å². The van der Waals surface area contributed by atoms with Crippen LogP contribution in [0.3, 0.4) is 0 Å². The fraction of sp³-hybridized carbons (Fsp3) is 0.588. The Kier molecular flexibility index (Phi) is 5.45. The normalized spacial score (nSPS) is 20.3. The summed E-state index contributed by atoms with van der Waals surface area (Å²) in [5.74, 6) is 1.97. The zero-order valence-corrected chi connectivity index (χ0v) is 14.1. The molecule has 1 aromatic heterocycles. The minimum absolute atomic E-state index is 0.0270. The molecule has 0 spiro atoms. The Labute approximate surface area is 131 Å². The Morgan fingerprint density at radius 1 is 1.48 bits per heavy atom. The molecule has 0 saturated carbocycles. The van der Waals surface area contributed by atoms with E-state index < -0.39 is 0 Å². The first kappa shape index (κ1) is 16.1. The molecule has 4 heteroatoms. The molecule has 1 aliphatic heterocycles. The van der Waals surface area contributed by atoms with E-state index in [1.807, 2.05) is 23.8 Å². The molecule has 0 aliphatic carbocycles. The Hall–Kier alpha value is -1.29. The number of hydrogen-bond donors (Lipinski definition) is 1. The first-order valence-electron chi connectivity index (χ1n) is 7.67. The van der Waals surface area contributed by atoms with Gasteiger partial charge >= 0.3 is 0 Å². The SMILES string of the molecule is CC1=C(C(=O)Nc2ccsc2)CCC(C(C)CC(C)C)O1. The number of rotatable bonds is 5. The standard InChI is InChI=1S/C17H25NO2S/c1-11(2)9-12(3)16-6-5-15(13(4)20-16)17(19)18-14-7-8-21-10-14/h7-8,10-12,16H,5-6,9H2,1-4H3,(H,18,19). The van der Waals surface area contributed by atoms with Gasteiger partial charge in [0.15, 0.2) is 0 Å². The molecule has 0 bridgehead atoms. The van der Waals surface area contributed by atoms with Gasteiger partial charge in [-0.2, -0.15) is 11.3 Å². The predicted molar refractivity (Wildman–Crippen MR) is 88.4 cm³/mol. The second-order valence-corrected chi connectivity index (χ2v) is 7.08. The van der Waals surface area contributed by atoms with E-state index in [1.165, 1.54) is 0 Å². The summed E-state index contributed by atoms with van der Waals surface area (Å²) in [6.07, 6.45) is 3.13. The summed E-state index contributed by atoms with van der Waals surface area (Å²) >= 11 is 1.58. The van der Waals surface area contributed by atoms with Gasteiger partial charge in [0.2, 0.25) is 0 Å². The summed E-state index contributed by atoms with van der Waals surface area (Å²) in [6.45, 7) is 8.63. The van der Waals surface area contributed by atoms with Crippen molar-refractivity contribution in [3.05, 3.63) is 28.2 Å². The second-order valence-electron chi connectivity index (χ2n) is 6.30. The number of amides is 1. The zero-order valence-electron chi connectivity index (χ0n) is 13.3. The minimum atomic E-state index is -0.0270. The molecule has 0 fully saturated rings. The summed E-state index contributed by atoms with van der Waals surface area (Å²) in [7, 11) is 0. The molecule has 1 N–H and O–H groups in total. The number of thiophene rings is 1. The smallest absolute Gasteiger partial charge is 0.254 e. The molecule has 2 atom stereocenters. The first-order chi connectivity index (χ1) is 9.97. The maximum absolute atomic E-state index is 12.3. The Bertz CT molecular complexity index is 505. The number of allylic oxidation sites excluding steroid dienone is 1. The van der Waals surface area contributed by atoms with E-state index in [0.717, 1.165) is 36.3 Å². The van der Waals surface area contributed by atoms with Crippen molar-refractivity contribution in [2.45, 2.75) is 53.1 Å². The van der Waals surface area contributed by atoms with Crippen molar-refractivity contribution < 1.29 is 9.53 Å². The molecule has 3 nitrogen and oxygen atoms in total. The second kappa shape index (κ2) is 7.12. The number of ether oxygens (including phenoxy) is 1. The van der Waals surface area contributed by atoms with Crippen LogP contribution >= 0.6 is 11.3 Å². The van der Waals surface area contributed by atoms with Crippen LogP contribution in [0.5, 0.6) is 0 Å². The van der Waals surface area contributed by atoms with E-state index in [1.54, 1.807) is 11.3 Å². The summed E-state index contributed by atoms with van der Waals surface area (Å²) in [5.41, 5.74) is 1.65. The minimum Gasteiger partial charge on any atom is -0.494 e. The lowest BCUT2D eigenvalue weighted by molar-refractivity contribution is -0.113. The van der Waals surface area contributed by atoms with Crippen LogP contribution in [0.1, 0.15) is 47.0 Å². The molecular formula is C17H25NO2S. The summed E-state index contributed by atoms with van der Waals surface area (Å²) in [4.78, 5) is 12.3. The van der Waals surface area contributed by atoms with Crippen molar-refractivity contribution >= 4 is 22.9 Å². The molecule has 1 amide bonds. The van der Waals surface area contributed by atoms with Gasteiger partial charge in [-0.25, -0.2) is 0 Å². The third kappa shape index (κ3) is 4.34. The average molecular weight is 307 g/mol. The lowest BCUT2D eigenvalue weighted by Crippen LogP contribution is -2.29. The zero-order chi connectivity index (χ0) is 15.4. The highest BCUT2D eigenvalue weighted by atomic mass is 32.1. The molecule has 2 unspecified atom stereocenters. The van der Waals surface area contributed by atoms with Gasteiger partial charge in [-0.1, -0.05) is 20.8 Å². The van der Waals surface area contributed by atoms with E-state index >= 15 is 0 Å². The van der Waals surface area contributed by atoms with Crippen LogP contribution < -0.4 is 5.32 Å². The van der Waals surface area contributed by atoms with Crippen molar-refractivity contribution in [3.63, 3.8) is 0 Å². The van der Waals surface area contributed by atoms with Crippen LogP contribution in [0, 0.1) is 11.8 Å². The van der Waals surface area contributed by atoms with E-state index in [2.05, 4.69) is 26.1 Å². The third-order valence-electron chi connectivity index (χ3n) is 3.96. The van der Waals surface area contributed by atoms with Gasteiger partial charge < -0.3 is 10.1 Å². The molecular weight excluding hydrogens is 282 g/mol. The molecule has 0 saturated heterocycles. The number of carbonyl (C=O) groups is 1. The highest BCUT2D eigenvalue weighted by molar-refractivity contribution is 7.08. The molecule has 1 aromatic rings. The number of carbonyl (C=O) groups excluding carboxylic acids is 1. The maximum atomic E-state index is 12.3. The predicted octanol–water partition coefficient (Wildman–Crippen LogP) is 4.82. The molecule has 2 heterocycles. The summed E-state index contributed by atoms with van der Waals surface area (Å²) in [6, 6.07) is 1.91. The Morgan fingerprint density at radius 3 is 2.81 bits per heavy atom. The van der Waals surface area contributed by atoms with E-state index in [-0.39, 0.29) is 12.0 Å². The first-order valence-corrected chi connectivity index (χ1v) is 8.61. The molecule has 1 aliphatic rings. The van der Waals surface area contributed by atoms with Crippen LogP contribution in [-0.4, -0.2) is 12.0 Å².